The normalized spacial score (nSPS) is 21.1. The number of carbonyl (C=O) groups excluding carboxylic acids is 1. The zero-order valence-corrected chi connectivity index (χ0v) is 37.4. The van der Waals surface area contributed by atoms with Gasteiger partial charge in [0.1, 0.15) is 24.4 Å². The Kier molecular flexibility index (Phi) is 34.5. The summed E-state index contributed by atoms with van der Waals surface area (Å²) in [6.45, 7) is 3.37. The van der Waals surface area contributed by atoms with Crippen LogP contribution in [0.5, 0.6) is 0 Å². The Balaban J connectivity index is 2.46. The van der Waals surface area contributed by atoms with Crippen molar-refractivity contribution in [1.82, 2.24) is 5.32 Å². The maximum Gasteiger partial charge on any atom is 0.397 e. The number of carbonyl (C=O) groups is 1. The van der Waals surface area contributed by atoms with Gasteiger partial charge in [-0.05, 0) is 19.3 Å². The predicted octanol–water partition coefficient (Wildman–Crippen LogP) is 9.16. The predicted molar refractivity (Wildman–Crippen MR) is 232 cm³/mol. The molecule has 1 heterocycles. The average Bonchev–Trinajstić information content (AvgIpc) is 3.19. The van der Waals surface area contributed by atoms with Gasteiger partial charge in [0.05, 0.1) is 25.4 Å². The number of hydrogen-bond donors (Lipinski definition) is 6. The Bertz CT molecular complexity index is 1090. The average molecular weight is 850 g/mol. The molecule has 0 aromatic rings. The fourth-order valence-corrected chi connectivity index (χ4v) is 8.14. The number of aliphatic hydroxyl groups excluding tert-OH is 4. The highest BCUT2D eigenvalue weighted by molar-refractivity contribution is 7.80. The quantitative estimate of drug-likeness (QED) is 0.0196. The molecule has 0 saturated carbocycles. The number of aliphatic hydroxyl groups is 4. The van der Waals surface area contributed by atoms with E-state index in [1.807, 2.05) is 6.08 Å². The van der Waals surface area contributed by atoms with E-state index >= 15 is 0 Å². The first-order valence-electron chi connectivity index (χ1n) is 23.6. The molecular weight excluding hydrogens is 763 g/mol. The summed E-state index contributed by atoms with van der Waals surface area (Å²) in [4.78, 5) is 13.0. The Morgan fingerprint density at radius 2 is 1.09 bits per heavy atom. The van der Waals surface area contributed by atoms with Crippen LogP contribution in [0.3, 0.4) is 0 Å². The fourth-order valence-electron chi connectivity index (χ4n) is 7.63. The Morgan fingerprint density at radius 1 is 0.672 bits per heavy atom. The number of hydrogen-bond acceptors (Lipinski definition) is 10. The summed E-state index contributed by atoms with van der Waals surface area (Å²) >= 11 is 0. The van der Waals surface area contributed by atoms with Gasteiger partial charge in [-0.15, -0.1) is 0 Å². The number of unbranched alkanes of at least 4 members (excludes halogenated alkanes) is 28. The van der Waals surface area contributed by atoms with Crippen LogP contribution in [0.15, 0.2) is 12.2 Å². The summed E-state index contributed by atoms with van der Waals surface area (Å²) in [5, 5.41) is 44.6. The molecule has 0 spiro atoms. The van der Waals surface area contributed by atoms with Crippen molar-refractivity contribution in [3.8, 4) is 0 Å². The molecule has 0 radical (unpaired) electrons. The summed E-state index contributed by atoms with van der Waals surface area (Å²) in [6, 6.07) is -0.937. The van der Waals surface area contributed by atoms with Crippen molar-refractivity contribution in [3.05, 3.63) is 12.2 Å². The van der Waals surface area contributed by atoms with Crippen LogP contribution in [0.4, 0.5) is 0 Å². The van der Waals surface area contributed by atoms with Crippen molar-refractivity contribution in [2.75, 3.05) is 13.2 Å². The first kappa shape index (κ1) is 54.9. The minimum absolute atomic E-state index is 0.263. The van der Waals surface area contributed by atoms with Gasteiger partial charge in [0, 0.05) is 6.42 Å². The molecular formula is C45H87NO11S. The van der Waals surface area contributed by atoms with E-state index in [0.717, 1.165) is 38.5 Å². The van der Waals surface area contributed by atoms with Crippen LogP contribution in [-0.4, -0.2) is 95.4 Å². The van der Waals surface area contributed by atoms with Gasteiger partial charge >= 0.3 is 10.4 Å². The molecule has 7 unspecified atom stereocenters. The van der Waals surface area contributed by atoms with Crippen LogP contribution in [0.1, 0.15) is 213 Å². The SMILES string of the molecule is CCCCCCCCCCCCCCCCCCCCC/C=C/C(O)C(COC1OC(CO)C(O)C(OS(=O)(=O)O)C1O)NC(=O)CCCCCCCCCCCC. The largest absolute Gasteiger partial charge is 0.397 e. The molecule has 0 aliphatic carbocycles. The van der Waals surface area contributed by atoms with E-state index < -0.39 is 59.9 Å². The lowest BCUT2D eigenvalue weighted by molar-refractivity contribution is -0.298. The van der Waals surface area contributed by atoms with Gasteiger partial charge in [-0.1, -0.05) is 199 Å². The molecule has 1 amide bonds. The second kappa shape index (κ2) is 36.5. The van der Waals surface area contributed by atoms with E-state index in [9.17, 15) is 33.6 Å². The van der Waals surface area contributed by atoms with Crippen LogP contribution >= 0.6 is 0 Å². The summed E-state index contributed by atoms with van der Waals surface area (Å²) in [6.07, 6.45) is 31.2. The molecule has 0 bridgehead atoms. The van der Waals surface area contributed by atoms with Crippen molar-refractivity contribution >= 4 is 16.3 Å². The van der Waals surface area contributed by atoms with Crippen molar-refractivity contribution in [3.63, 3.8) is 0 Å². The molecule has 12 nitrogen and oxygen atoms in total. The summed E-state index contributed by atoms with van der Waals surface area (Å²) in [5.41, 5.74) is 0. The molecule has 0 aromatic carbocycles. The molecule has 0 aromatic heterocycles. The van der Waals surface area contributed by atoms with Crippen molar-refractivity contribution in [1.29, 1.82) is 0 Å². The maximum atomic E-state index is 13.0. The number of ether oxygens (including phenoxy) is 2. The highest BCUT2D eigenvalue weighted by Gasteiger charge is 2.48. The third-order valence-corrected chi connectivity index (χ3v) is 11.8. The van der Waals surface area contributed by atoms with E-state index in [0.29, 0.717) is 6.42 Å². The first-order chi connectivity index (χ1) is 28.0. The van der Waals surface area contributed by atoms with Gasteiger partial charge in [0.25, 0.3) is 0 Å². The lowest BCUT2D eigenvalue weighted by Crippen LogP contribution is -2.61. The monoisotopic (exact) mass is 850 g/mol. The fraction of sp³-hybridized carbons (Fsp3) is 0.933. The van der Waals surface area contributed by atoms with Crippen LogP contribution in [0.2, 0.25) is 0 Å². The third-order valence-electron chi connectivity index (χ3n) is 11.3. The third kappa shape index (κ3) is 29.2. The molecule has 344 valence electrons. The van der Waals surface area contributed by atoms with Crippen molar-refractivity contribution in [2.24, 2.45) is 0 Å². The van der Waals surface area contributed by atoms with Gasteiger partial charge in [0.15, 0.2) is 6.29 Å². The lowest BCUT2D eigenvalue weighted by atomic mass is 9.99. The van der Waals surface area contributed by atoms with E-state index in [4.69, 9.17) is 14.0 Å². The van der Waals surface area contributed by atoms with Gasteiger partial charge in [-0.25, -0.2) is 4.18 Å². The highest BCUT2D eigenvalue weighted by atomic mass is 32.3. The van der Waals surface area contributed by atoms with Crippen molar-refractivity contribution in [2.45, 2.75) is 256 Å². The van der Waals surface area contributed by atoms with Crippen molar-refractivity contribution < 1.29 is 51.8 Å². The number of allylic oxidation sites excluding steroid dienone is 1. The molecule has 1 saturated heterocycles. The summed E-state index contributed by atoms with van der Waals surface area (Å²) < 4.78 is 47.5. The molecule has 1 aliphatic rings. The molecule has 1 fully saturated rings. The van der Waals surface area contributed by atoms with E-state index in [2.05, 4.69) is 23.3 Å². The standard InChI is InChI=1S/C45H87NO11S/c1-3-5-7-9-11-13-15-16-17-18-19-20-21-22-23-24-25-26-28-30-32-34-39(48)38(46-41(49)35-33-31-29-27-14-12-10-8-6-4-2)37-55-45-43(51)44(57-58(52,53)54)42(50)40(36-47)56-45/h32,34,38-40,42-45,47-48,50-51H,3-31,33,35-37H2,1-2H3,(H,46,49)(H,52,53,54)/b34-32+. The Morgan fingerprint density at radius 3 is 1.50 bits per heavy atom. The molecule has 7 atom stereocenters. The van der Waals surface area contributed by atoms with Crippen LogP contribution in [-0.2, 0) is 28.9 Å². The van der Waals surface area contributed by atoms with Crippen LogP contribution < -0.4 is 5.32 Å². The van der Waals surface area contributed by atoms with Gasteiger partial charge in [0.2, 0.25) is 5.91 Å². The maximum absolute atomic E-state index is 13.0. The number of rotatable bonds is 40. The van der Waals surface area contributed by atoms with Gasteiger partial charge in [-0.3, -0.25) is 9.35 Å². The molecule has 6 N–H and O–H groups in total. The highest BCUT2D eigenvalue weighted by Crippen LogP contribution is 2.26. The second-order valence-electron chi connectivity index (χ2n) is 16.7. The van der Waals surface area contributed by atoms with E-state index in [1.54, 1.807) is 6.08 Å². The van der Waals surface area contributed by atoms with Gasteiger partial charge in [-0.2, -0.15) is 8.42 Å². The molecule has 58 heavy (non-hydrogen) atoms. The topological polar surface area (TPSA) is 192 Å². The minimum Gasteiger partial charge on any atom is -0.394 e. The molecule has 1 aliphatic heterocycles. The zero-order valence-electron chi connectivity index (χ0n) is 36.6. The summed E-state index contributed by atoms with van der Waals surface area (Å²) in [7, 11) is -5.08. The smallest absolute Gasteiger partial charge is 0.394 e. The molecule has 13 heteroatoms. The van der Waals surface area contributed by atoms with E-state index in [1.165, 1.54) is 148 Å². The Hall–Kier alpha value is -1.16. The summed E-state index contributed by atoms with van der Waals surface area (Å²) in [5.74, 6) is -0.263. The van der Waals surface area contributed by atoms with Crippen LogP contribution in [0.25, 0.3) is 0 Å². The lowest BCUT2D eigenvalue weighted by Gasteiger charge is -2.41. The minimum atomic E-state index is -5.08. The van der Waals surface area contributed by atoms with E-state index in [-0.39, 0.29) is 18.9 Å². The number of nitrogens with one attached hydrogen (secondary N) is 1. The van der Waals surface area contributed by atoms with Gasteiger partial charge < -0.3 is 35.2 Å². The second-order valence-corrected chi connectivity index (χ2v) is 17.8. The van der Waals surface area contributed by atoms with Crippen LogP contribution in [0, 0.1) is 0 Å². The zero-order chi connectivity index (χ0) is 42.7. The molecule has 1 rings (SSSR count). The first-order valence-corrected chi connectivity index (χ1v) is 24.9. The number of amides is 1. The Labute approximate surface area is 353 Å².